The van der Waals surface area contributed by atoms with Crippen LogP contribution in [0, 0.1) is 6.92 Å². The van der Waals surface area contributed by atoms with Gasteiger partial charge in [0.05, 0.1) is 5.69 Å². The van der Waals surface area contributed by atoms with E-state index in [0.29, 0.717) is 5.15 Å². The topological polar surface area (TPSA) is 75.1 Å². The van der Waals surface area contributed by atoms with Crippen LogP contribution in [-0.4, -0.2) is 33.8 Å². The molecule has 0 atom stereocenters. The summed E-state index contributed by atoms with van der Waals surface area (Å²) >= 11 is 5.96. The summed E-state index contributed by atoms with van der Waals surface area (Å²) < 4.78 is 31.7. The fourth-order valence-electron chi connectivity index (χ4n) is 1.42. The maximum Gasteiger partial charge on any atom is 0.490 e. The number of aryl methyl sites for hydroxylation is 1. The van der Waals surface area contributed by atoms with E-state index in [1.807, 2.05) is 6.92 Å². The molecule has 9 heteroatoms. The molecule has 1 aromatic heterocycles. The average molecular weight is 298 g/mol. The van der Waals surface area contributed by atoms with Crippen molar-refractivity contribution >= 4 is 17.6 Å². The summed E-state index contributed by atoms with van der Waals surface area (Å²) in [5.41, 5.74) is 2.17. The summed E-state index contributed by atoms with van der Waals surface area (Å²) in [7, 11) is 0. The number of nitrogens with one attached hydrogen (secondary N) is 1. The van der Waals surface area contributed by atoms with Crippen molar-refractivity contribution in [1.82, 2.24) is 15.3 Å². The molecule has 0 aromatic carbocycles. The summed E-state index contributed by atoms with van der Waals surface area (Å²) in [4.78, 5) is 17.3. The van der Waals surface area contributed by atoms with Crippen molar-refractivity contribution in [2.75, 3.05) is 6.54 Å². The molecule has 0 spiro atoms. The van der Waals surface area contributed by atoms with E-state index in [1.54, 1.807) is 0 Å². The zero-order chi connectivity index (χ0) is 14.6. The van der Waals surface area contributed by atoms with E-state index in [4.69, 9.17) is 21.5 Å². The highest BCUT2D eigenvalue weighted by molar-refractivity contribution is 6.30. The van der Waals surface area contributed by atoms with Crippen LogP contribution in [0.1, 0.15) is 17.1 Å². The highest BCUT2D eigenvalue weighted by Gasteiger charge is 2.38. The highest BCUT2D eigenvalue weighted by atomic mass is 35.5. The first kappa shape index (κ1) is 15.6. The summed E-state index contributed by atoms with van der Waals surface area (Å²) in [6.07, 6.45) is -4.13. The number of carboxylic acids is 1. The molecule has 106 valence electrons. The van der Waals surface area contributed by atoms with E-state index in [9.17, 15) is 13.2 Å². The molecular formula is C10H11ClF3N3O2. The lowest BCUT2D eigenvalue weighted by Crippen LogP contribution is -2.25. The van der Waals surface area contributed by atoms with Gasteiger partial charge in [0.2, 0.25) is 0 Å². The molecule has 2 N–H and O–H groups in total. The van der Waals surface area contributed by atoms with E-state index in [-0.39, 0.29) is 0 Å². The SMILES string of the molecule is Cc1nc(Cl)c2c(n1)CCNC2.O=C(O)C(F)(F)F. The summed E-state index contributed by atoms with van der Waals surface area (Å²) in [6.45, 7) is 3.66. The van der Waals surface area contributed by atoms with Crippen LogP contribution in [0.3, 0.4) is 0 Å². The molecule has 1 aliphatic rings. The van der Waals surface area contributed by atoms with Crippen molar-refractivity contribution in [3.63, 3.8) is 0 Å². The number of rotatable bonds is 0. The third-order valence-corrected chi connectivity index (χ3v) is 2.55. The molecule has 2 heterocycles. The van der Waals surface area contributed by atoms with E-state index in [0.717, 1.165) is 36.6 Å². The molecule has 1 aromatic rings. The first-order chi connectivity index (χ1) is 8.71. The first-order valence-electron chi connectivity index (χ1n) is 5.24. The van der Waals surface area contributed by atoms with E-state index in [2.05, 4.69) is 15.3 Å². The van der Waals surface area contributed by atoms with Crippen LogP contribution in [0.15, 0.2) is 0 Å². The third kappa shape index (κ3) is 4.64. The number of halogens is 4. The van der Waals surface area contributed by atoms with Gasteiger partial charge in [0.1, 0.15) is 11.0 Å². The maximum absolute atomic E-state index is 10.6. The number of aromatic nitrogens is 2. The Balaban J connectivity index is 0.000000224. The van der Waals surface area contributed by atoms with E-state index < -0.39 is 12.1 Å². The Morgan fingerprint density at radius 3 is 2.53 bits per heavy atom. The minimum absolute atomic E-state index is 0.602. The average Bonchev–Trinajstić information content (AvgIpc) is 2.28. The molecular weight excluding hydrogens is 287 g/mol. The lowest BCUT2D eigenvalue weighted by atomic mass is 10.1. The monoisotopic (exact) mass is 297 g/mol. The molecule has 5 nitrogen and oxygen atoms in total. The van der Waals surface area contributed by atoms with Gasteiger partial charge in [-0.1, -0.05) is 11.6 Å². The number of fused-ring (bicyclic) bond motifs is 1. The largest absolute Gasteiger partial charge is 0.490 e. The van der Waals surface area contributed by atoms with Crippen molar-refractivity contribution in [1.29, 1.82) is 0 Å². The molecule has 0 unspecified atom stereocenters. The molecule has 0 amide bonds. The third-order valence-electron chi connectivity index (χ3n) is 2.24. The minimum atomic E-state index is -5.08. The van der Waals surface area contributed by atoms with Crippen LogP contribution in [0.25, 0.3) is 0 Å². The lowest BCUT2D eigenvalue weighted by Gasteiger charge is -2.16. The van der Waals surface area contributed by atoms with Crippen LogP contribution in [0.4, 0.5) is 13.2 Å². The van der Waals surface area contributed by atoms with E-state index in [1.165, 1.54) is 0 Å². The van der Waals surface area contributed by atoms with Gasteiger partial charge in [-0.25, -0.2) is 14.8 Å². The molecule has 0 radical (unpaired) electrons. The Bertz CT molecular complexity index is 480. The molecule has 1 aliphatic heterocycles. The normalized spacial score (nSPS) is 14.2. The lowest BCUT2D eigenvalue weighted by molar-refractivity contribution is -0.192. The number of carbonyl (C=O) groups is 1. The summed E-state index contributed by atoms with van der Waals surface area (Å²) in [5.74, 6) is -1.99. The van der Waals surface area contributed by atoms with Crippen molar-refractivity contribution < 1.29 is 23.1 Å². The zero-order valence-electron chi connectivity index (χ0n) is 9.88. The van der Waals surface area contributed by atoms with Crippen LogP contribution >= 0.6 is 11.6 Å². The molecule has 0 aliphatic carbocycles. The first-order valence-corrected chi connectivity index (χ1v) is 5.62. The second kappa shape index (κ2) is 6.16. The predicted molar refractivity (Wildman–Crippen MR) is 60.9 cm³/mol. The van der Waals surface area contributed by atoms with E-state index >= 15 is 0 Å². The Labute approximate surface area is 111 Å². The predicted octanol–water partition coefficient (Wildman–Crippen LogP) is 1.72. The second-order valence-corrected chi connectivity index (χ2v) is 4.07. The van der Waals surface area contributed by atoms with Gasteiger partial charge in [0.25, 0.3) is 0 Å². The number of hydrogen-bond donors (Lipinski definition) is 2. The van der Waals surface area contributed by atoms with Gasteiger partial charge in [0, 0.05) is 25.1 Å². The molecule has 0 bridgehead atoms. The highest BCUT2D eigenvalue weighted by Crippen LogP contribution is 2.19. The summed E-state index contributed by atoms with van der Waals surface area (Å²) in [6, 6.07) is 0. The molecule has 0 saturated heterocycles. The Hall–Kier alpha value is -1.41. The molecule has 2 rings (SSSR count). The fraction of sp³-hybridized carbons (Fsp3) is 0.500. The van der Waals surface area contributed by atoms with Gasteiger partial charge in [-0.05, 0) is 6.92 Å². The number of hydrogen-bond acceptors (Lipinski definition) is 4. The Kier molecular flexibility index (Phi) is 5.07. The van der Waals surface area contributed by atoms with Gasteiger partial charge < -0.3 is 10.4 Å². The smallest absolute Gasteiger partial charge is 0.475 e. The van der Waals surface area contributed by atoms with Crippen LogP contribution < -0.4 is 5.32 Å². The minimum Gasteiger partial charge on any atom is -0.475 e. The quantitative estimate of drug-likeness (QED) is 0.713. The number of carboxylic acid groups (broad SMARTS) is 1. The van der Waals surface area contributed by atoms with Crippen molar-refractivity contribution in [3.05, 3.63) is 22.2 Å². The number of nitrogens with zero attached hydrogens (tertiary/aromatic N) is 2. The van der Waals surface area contributed by atoms with Gasteiger partial charge in [-0.3, -0.25) is 0 Å². The van der Waals surface area contributed by atoms with Crippen molar-refractivity contribution in [2.24, 2.45) is 0 Å². The number of aliphatic carboxylic acids is 1. The Morgan fingerprint density at radius 1 is 1.42 bits per heavy atom. The molecule has 0 fully saturated rings. The van der Waals surface area contributed by atoms with Crippen molar-refractivity contribution in [2.45, 2.75) is 26.1 Å². The van der Waals surface area contributed by atoms with Gasteiger partial charge in [0.15, 0.2) is 0 Å². The maximum atomic E-state index is 10.6. The standard InChI is InChI=1S/C8H10ClN3.C2HF3O2/c1-5-11-7-2-3-10-4-6(7)8(9)12-5;3-2(4,5)1(6)7/h10H,2-4H2,1H3;(H,6,7). The second-order valence-electron chi connectivity index (χ2n) is 3.72. The van der Waals surface area contributed by atoms with Crippen LogP contribution in [0.5, 0.6) is 0 Å². The van der Waals surface area contributed by atoms with Gasteiger partial charge in [-0.2, -0.15) is 13.2 Å². The number of alkyl halides is 3. The zero-order valence-corrected chi connectivity index (χ0v) is 10.6. The molecule has 0 saturated carbocycles. The van der Waals surface area contributed by atoms with Crippen molar-refractivity contribution in [3.8, 4) is 0 Å². The fourth-order valence-corrected chi connectivity index (χ4v) is 1.72. The summed E-state index contributed by atoms with van der Waals surface area (Å²) in [5, 5.41) is 11.0. The Morgan fingerprint density at radius 2 is 2.00 bits per heavy atom. The molecule has 19 heavy (non-hydrogen) atoms. The van der Waals surface area contributed by atoms with Crippen LogP contribution in [-0.2, 0) is 17.8 Å². The van der Waals surface area contributed by atoms with Gasteiger partial charge >= 0.3 is 12.1 Å². The van der Waals surface area contributed by atoms with Gasteiger partial charge in [-0.15, -0.1) is 0 Å². The van der Waals surface area contributed by atoms with Crippen LogP contribution in [0.2, 0.25) is 5.15 Å².